The Labute approximate surface area is 137 Å². The first kappa shape index (κ1) is 18.8. The van der Waals surface area contributed by atoms with Crippen molar-refractivity contribution in [1.29, 1.82) is 0 Å². The average Bonchev–Trinajstić information content (AvgIpc) is 2.90. The van der Waals surface area contributed by atoms with Gasteiger partial charge in [0.2, 0.25) is 0 Å². The first-order valence-corrected chi connectivity index (χ1v) is 7.07. The van der Waals surface area contributed by atoms with Crippen LogP contribution in [0.3, 0.4) is 0 Å². The molecule has 0 unspecified atom stereocenters. The van der Waals surface area contributed by atoms with E-state index in [4.69, 9.17) is 21.4 Å². The lowest BCUT2D eigenvalue weighted by atomic mass is 10.3. The Morgan fingerprint density at radius 1 is 1.43 bits per heavy atom. The molecule has 10 heteroatoms. The number of hydrogen-bond acceptors (Lipinski definition) is 6. The molecular formula is C13H18ClN5O4. The van der Waals surface area contributed by atoms with Crippen molar-refractivity contribution >= 4 is 17.7 Å². The minimum absolute atomic E-state index is 0.237. The molecule has 1 aromatic heterocycles. The molecule has 0 aliphatic heterocycles. The Morgan fingerprint density at radius 2 is 2.17 bits per heavy atom. The van der Waals surface area contributed by atoms with Crippen LogP contribution in [0.5, 0.6) is 0 Å². The molecule has 0 aliphatic rings. The van der Waals surface area contributed by atoms with Gasteiger partial charge in [0.1, 0.15) is 0 Å². The standard InChI is InChI=1S/C8H5ClN4O3.C5H13NO/c9-5-2-1-3-6(4-5)12-7(14)13(8(15)16)11-10-12;1-6-4-3-5-7-2/h1-4H,(H,15,16);6H,3-5H2,1-2H3. The monoisotopic (exact) mass is 343 g/mol. The lowest BCUT2D eigenvalue weighted by molar-refractivity contribution is 0.191. The number of benzene rings is 1. The smallest absolute Gasteiger partial charge is 0.438 e. The van der Waals surface area contributed by atoms with Crippen molar-refractivity contribution in [3.63, 3.8) is 0 Å². The Hall–Kier alpha value is -2.23. The van der Waals surface area contributed by atoms with Crippen LogP contribution < -0.4 is 11.0 Å². The van der Waals surface area contributed by atoms with E-state index in [1.165, 1.54) is 6.07 Å². The average molecular weight is 344 g/mol. The summed E-state index contributed by atoms with van der Waals surface area (Å²) in [5, 5.41) is 18.7. The van der Waals surface area contributed by atoms with Crippen molar-refractivity contribution in [3.05, 3.63) is 39.8 Å². The zero-order valence-corrected chi connectivity index (χ0v) is 13.5. The maximum absolute atomic E-state index is 11.5. The first-order valence-electron chi connectivity index (χ1n) is 6.69. The summed E-state index contributed by atoms with van der Waals surface area (Å²) >= 11 is 5.73. The number of aromatic nitrogens is 4. The summed E-state index contributed by atoms with van der Waals surface area (Å²) in [6.07, 6.45) is -0.384. The number of nitrogens with one attached hydrogen (secondary N) is 1. The normalized spacial score (nSPS) is 10.0. The molecule has 2 N–H and O–H groups in total. The van der Waals surface area contributed by atoms with Crippen LogP contribution in [0.25, 0.3) is 5.69 Å². The van der Waals surface area contributed by atoms with E-state index in [9.17, 15) is 9.59 Å². The minimum Gasteiger partial charge on any atom is -0.463 e. The van der Waals surface area contributed by atoms with E-state index in [1.54, 1.807) is 25.3 Å². The molecule has 0 radical (unpaired) electrons. The number of tetrazole rings is 1. The van der Waals surface area contributed by atoms with Gasteiger partial charge >= 0.3 is 11.8 Å². The van der Waals surface area contributed by atoms with Gasteiger partial charge in [0.25, 0.3) is 0 Å². The van der Waals surface area contributed by atoms with E-state index >= 15 is 0 Å². The second kappa shape index (κ2) is 9.72. The van der Waals surface area contributed by atoms with Crippen LogP contribution in [0.2, 0.25) is 5.02 Å². The van der Waals surface area contributed by atoms with Crippen molar-refractivity contribution in [3.8, 4) is 5.69 Å². The lowest BCUT2D eigenvalue weighted by Gasteiger charge is -1.97. The summed E-state index contributed by atoms with van der Waals surface area (Å²) < 4.78 is 5.89. The van der Waals surface area contributed by atoms with Crippen LogP contribution >= 0.6 is 11.6 Å². The predicted octanol–water partition coefficient (Wildman–Crippen LogP) is 0.851. The van der Waals surface area contributed by atoms with Gasteiger partial charge in [-0.2, -0.15) is 4.68 Å². The molecule has 0 saturated carbocycles. The van der Waals surface area contributed by atoms with Gasteiger partial charge in [0.05, 0.1) is 5.69 Å². The number of carbonyl (C=O) groups is 1. The molecule has 0 aliphatic carbocycles. The van der Waals surface area contributed by atoms with Gasteiger partial charge in [-0.15, -0.1) is 0 Å². The molecular weight excluding hydrogens is 326 g/mol. The Kier molecular flexibility index (Phi) is 7.95. The molecule has 1 heterocycles. The molecule has 2 rings (SSSR count). The molecule has 126 valence electrons. The Bertz CT molecular complexity index is 681. The Balaban J connectivity index is 0.000000322. The quantitative estimate of drug-likeness (QED) is 0.611. The third-order valence-electron chi connectivity index (χ3n) is 2.59. The maximum Gasteiger partial charge on any atom is 0.438 e. The zero-order valence-electron chi connectivity index (χ0n) is 12.8. The fraction of sp³-hybridized carbons (Fsp3) is 0.385. The topological polar surface area (TPSA) is 111 Å². The molecule has 23 heavy (non-hydrogen) atoms. The molecule has 0 saturated heterocycles. The fourth-order valence-electron chi connectivity index (χ4n) is 1.53. The van der Waals surface area contributed by atoms with E-state index in [1.807, 2.05) is 7.05 Å². The van der Waals surface area contributed by atoms with Crippen molar-refractivity contribution < 1.29 is 14.6 Å². The highest BCUT2D eigenvalue weighted by molar-refractivity contribution is 6.30. The number of halogens is 1. The maximum atomic E-state index is 11.5. The van der Waals surface area contributed by atoms with Gasteiger partial charge in [-0.1, -0.05) is 22.3 Å². The second-order valence-corrected chi connectivity index (χ2v) is 4.73. The first-order chi connectivity index (χ1) is 11.0. The summed E-state index contributed by atoms with van der Waals surface area (Å²) in [7, 11) is 3.66. The molecule has 0 bridgehead atoms. The lowest BCUT2D eigenvalue weighted by Crippen LogP contribution is -2.28. The van der Waals surface area contributed by atoms with Crippen molar-refractivity contribution in [2.45, 2.75) is 6.42 Å². The van der Waals surface area contributed by atoms with Crippen LogP contribution in [0.15, 0.2) is 29.1 Å². The third kappa shape index (κ3) is 5.81. The van der Waals surface area contributed by atoms with Gasteiger partial charge in [0, 0.05) is 18.7 Å². The van der Waals surface area contributed by atoms with Crippen LogP contribution in [-0.4, -0.2) is 58.3 Å². The van der Waals surface area contributed by atoms with Crippen LogP contribution in [0, 0.1) is 0 Å². The van der Waals surface area contributed by atoms with Gasteiger partial charge in [-0.05, 0) is 48.6 Å². The van der Waals surface area contributed by atoms with Gasteiger partial charge in [-0.25, -0.2) is 9.59 Å². The summed E-state index contributed by atoms with van der Waals surface area (Å²) in [6, 6.07) is 6.28. The van der Waals surface area contributed by atoms with E-state index in [2.05, 4.69) is 15.7 Å². The molecule has 0 amide bonds. The number of rotatable bonds is 5. The molecule has 0 spiro atoms. The van der Waals surface area contributed by atoms with Gasteiger partial charge < -0.3 is 15.2 Å². The van der Waals surface area contributed by atoms with E-state index < -0.39 is 11.8 Å². The summed E-state index contributed by atoms with van der Waals surface area (Å²) in [6.45, 7) is 1.91. The number of nitrogens with zero attached hydrogens (tertiary/aromatic N) is 4. The zero-order chi connectivity index (χ0) is 17.2. The van der Waals surface area contributed by atoms with E-state index in [-0.39, 0.29) is 4.68 Å². The number of ether oxygens (including phenoxy) is 1. The number of methoxy groups -OCH3 is 1. The van der Waals surface area contributed by atoms with Gasteiger partial charge in [0.15, 0.2) is 0 Å². The van der Waals surface area contributed by atoms with Crippen LogP contribution in [-0.2, 0) is 4.74 Å². The molecule has 9 nitrogen and oxygen atoms in total. The summed E-state index contributed by atoms with van der Waals surface area (Å²) in [5.74, 6) is 0. The van der Waals surface area contributed by atoms with Crippen LogP contribution in [0.4, 0.5) is 4.79 Å². The Morgan fingerprint density at radius 3 is 2.70 bits per heavy atom. The highest BCUT2D eigenvalue weighted by Crippen LogP contribution is 2.11. The van der Waals surface area contributed by atoms with Gasteiger partial charge in [-0.3, -0.25) is 0 Å². The third-order valence-corrected chi connectivity index (χ3v) is 2.83. The fourth-order valence-corrected chi connectivity index (χ4v) is 1.71. The number of carboxylic acid groups (broad SMARTS) is 1. The second-order valence-electron chi connectivity index (χ2n) is 4.30. The molecule has 0 atom stereocenters. The largest absolute Gasteiger partial charge is 0.463 e. The number of hydrogen-bond donors (Lipinski definition) is 2. The van der Waals surface area contributed by atoms with E-state index in [0.29, 0.717) is 10.7 Å². The van der Waals surface area contributed by atoms with E-state index in [0.717, 1.165) is 24.3 Å². The van der Waals surface area contributed by atoms with Crippen molar-refractivity contribution in [1.82, 2.24) is 25.1 Å². The van der Waals surface area contributed by atoms with Crippen molar-refractivity contribution in [2.75, 3.05) is 27.3 Å². The highest BCUT2D eigenvalue weighted by Gasteiger charge is 2.13. The molecule has 2 aromatic rings. The summed E-state index contributed by atoms with van der Waals surface area (Å²) in [5.41, 5.74) is -0.514. The highest BCUT2D eigenvalue weighted by atomic mass is 35.5. The van der Waals surface area contributed by atoms with Crippen LogP contribution in [0.1, 0.15) is 6.42 Å². The molecule has 0 fully saturated rings. The predicted molar refractivity (Wildman–Crippen MR) is 84.5 cm³/mol. The summed E-state index contributed by atoms with van der Waals surface area (Å²) in [4.78, 5) is 22.1. The van der Waals surface area contributed by atoms with Crippen molar-refractivity contribution in [2.24, 2.45) is 0 Å². The minimum atomic E-state index is -1.49. The SMILES string of the molecule is CNCCCOC.O=C(O)n1nnn(-c2cccc(Cl)c2)c1=O. The molecule has 1 aromatic carbocycles.